The SMILES string of the molecule is CCN(c1cnnc(Nc2cc(C)ccc2OC)n1)C1CCS(=O)(=O)C1. The van der Waals surface area contributed by atoms with E-state index >= 15 is 0 Å². The normalized spacial score (nSPS) is 18.5. The highest BCUT2D eigenvalue weighted by atomic mass is 32.2. The fraction of sp³-hybridized carbons (Fsp3) is 0.471. The summed E-state index contributed by atoms with van der Waals surface area (Å²) in [4.78, 5) is 6.50. The molecule has 1 aromatic heterocycles. The number of nitrogens with one attached hydrogen (secondary N) is 1. The fourth-order valence-corrected chi connectivity index (χ4v) is 4.89. The van der Waals surface area contributed by atoms with Crippen molar-refractivity contribution in [2.45, 2.75) is 26.3 Å². The van der Waals surface area contributed by atoms with Crippen LogP contribution in [0.3, 0.4) is 0 Å². The van der Waals surface area contributed by atoms with E-state index in [4.69, 9.17) is 4.74 Å². The van der Waals surface area contributed by atoms with Crippen molar-refractivity contribution in [1.29, 1.82) is 0 Å². The lowest BCUT2D eigenvalue weighted by atomic mass is 10.2. The first kappa shape index (κ1) is 18.4. The Hall–Kier alpha value is -2.42. The van der Waals surface area contributed by atoms with Crippen LogP contribution in [0.15, 0.2) is 24.4 Å². The molecule has 1 aliphatic heterocycles. The summed E-state index contributed by atoms with van der Waals surface area (Å²) in [6.45, 7) is 4.61. The smallest absolute Gasteiger partial charge is 0.249 e. The van der Waals surface area contributed by atoms with Gasteiger partial charge in [0, 0.05) is 12.6 Å². The van der Waals surface area contributed by atoms with Gasteiger partial charge in [-0.25, -0.2) is 8.42 Å². The van der Waals surface area contributed by atoms with Crippen molar-refractivity contribution in [3.63, 3.8) is 0 Å². The second kappa shape index (κ2) is 7.45. The second-order valence-corrected chi connectivity index (χ2v) is 8.54. The van der Waals surface area contributed by atoms with Crippen LogP contribution in [0.1, 0.15) is 18.9 Å². The van der Waals surface area contributed by atoms with Crippen molar-refractivity contribution in [1.82, 2.24) is 15.2 Å². The molecule has 8 nitrogen and oxygen atoms in total. The van der Waals surface area contributed by atoms with Crippen molar-refractivity contribution in [3.8, 4) is 5.75 Å². The Labute approximate surface area is 153 Å². The van der Waals surface area contributed by atoms with E-state index in [-0.39, 0.29) is 17.5 Å². The van der Waals surface area contributed by atoms with Gasteiger partial charge in [-0.1, -0.05) is 6.07 Å². The molecule has 0 bridgehead atoms. The minimum absolute atomic E-state index is 0.0805. The van der Waals surface area contributed by atoms with Gasteiger partial charge < -0.3 is 15.0 Å². The van der Waals surface area contributed by atoms with Crippen LogP contribution >= 0.6 is 0 Å². The number of hydrogen-bond acceptors (Lipinski definition) is 8. The van der Waals surface area contributed by atoms with Crippen molar-refractivity contribution < 1.29 is 13.2 Å². The number of benzene rings is 1. The Morgan fingerprint density at radius 3 is 2.85 bits per heavy atom. The average molecular weight is 377 g/mol. The summed E-state index contributed by atoms with van der Waals surface area (Å²) in [5.74, 6) is 2.00. The predicted molar refractivity (Wildman–Crippen MR) is 101 cm³/mol. The molecule has 1 atom stereocenters. The van der Waals surface area contributed by atoms with Crippen LogP contribution in [0.4, 0.5) is 17.5 Å². The van der Waals surface area contributed by atoms with Gasteiger partial charge in [-0.2, -0.15) is 10.1 Å². The molecule has 3 rings (SSSR count). The standard InChI is InChI=1S/C17H23N5O3S/c1-4-22(13-7-8-26(23,24)11-13)16-10-18-21-17(20-16)19-14-9-12(2)5-6-15(14)25-3/h5-6,9-10,13H,4,7-8,11H2,1-3H3,(H,19,20,21). The van der Waals surface area contributed by atoms with Crippen LogP contribution in [0.2, 0.25) is 0 Å². The lowest BCUT2D eigenvalue weighted by Crippen LogP contribution is -2.37. The first-order chi connectivity index (χ1) is 12.4. The maximum Gasteiger partial charge on any atom is 0.249 e. The van der Waals surface area contributed by atoms with Crippen LogP contribution in [0.25, 0.3) is 0 Å². The zero-order chi connectivity index (χ0) is 18.7. The van der Waals surface area contributed by atoms with Gasteiger partial charge in [0.15, 0.2) is 15.7 Å². The summed E-state index contributed by atoms with van der Waals surface area (Å²) in [6, 6.07) is 5.69. The van der Waals surface area contributed by atoms with Crippen LogP contribution in [0, 0.1) is 6.92 Å². The van der Waals surface area contributed by atoms with Crippen LogP contribution in [-0.2, 0) is 9.84 Å². The van der Waals surface area contributed by atoms with E-state index in [0.29, 0.717) is 30.5 Å². The molecule has 1 unspecified atom stereocenters. The molecule has 0 amide bonds. The number of rotatable bonds is 6. The molecule has 26 heavy (non-hydrogen) atoms. The molecule has 1 N–H and O–H groups in total. The van der Waals surface area contributed by atoms with E-state index in [9.17, 15) is 8.42 Å². The zero-order valence-corrected chi connectivity index (χ0v) is 16.0. The molecule has 0 aliphatic carbocycles. The van der Waals surface area contributed by atoms with Crippen LogP contribution in [0.5, 0.6) is 5.75 Å². The molecule has 2 heterocycles. The van der Waals surface area contributed by atoms with Crippen molar-refractivity contribution in [3.05, 3.63) is 30.0 Å². The third-order valence-electron chi connectivity index (χ3n) is 4.43. The second-order valence-electron chi connectivity index (χ2n) is 6.31. The number of sulfone groups is 1. The summed E-state index contributed by atoms with van der Waals surface area (Å²) in [5.41, 5.74) is 1.82. The predicted octanol–water partition coefficient (Wildman–Crippen LogP) is 1.95. The van der Waals surface area contributed by atoms with Gasteiger partial charge in [0.1, 0.15) is 5.75 Å². The molecule has 0 saturated carbocycles. The monoisotopic (exact) mass is 377 g/mol. The fourth-order valence-electron chi connectivity index (χ4n) is 3.15. The lowest BCUT2D eigenvalue weighted by Gasteiger charge is -2.27. The summed E-state index contributed by atoms with van der Waals surface area (Å²) in [6.07, 6.45) is 2.17. The molecule has 140 valence electrons. The van der Waals surface area contributed by atoms with Gasteiger partial charge in [0.2, 0.25) is 5.95 Å². The van der Waals surface area contributed by atoms with Crippen molar-refractivity contribution in [2.24, 2.45) is 0 Å². The molecule has 0 radical (unpaired) electrons. The third kappa shape index (κ3) is 4.04. The zero-order valence-electron chi connectivity index (χ0n) is 15.1. The summed E-state index contributed by atoms with van der Waals surface area (Å²) >= 11 is 0. The number of aryl methyl sites for hydroxylation is 1. The summed E-state index contributed by atoms with van der Waals surface area (Å²) in [5, 5.41) is 11.2. The summed E-state index contributed by atoms with van der Waals surface area (Å²) < 4.78 is 29.0. The molecule has 9 heteroatoms. The highest BCUT2D eigenvalue weighted by Crippen LogP contribution is 2.28. The maximum absolute atomic E-state index is 11.8. The molecular formula is C17H23N5O3S. The molecular weight excluding hydrogens is 354 g/mol. The van der Waals surface area contributed by atoms with Gasteiger partial charge in [-0.05, 0) is 38.0 Å². The van der Waals surface area contributed by atoms with E-state index < -0.39 is 9.84 Å². The Morgan fingerprint density at radius 1 is 1.38 bits per heavy atom. The molecule has 1 aliphatic rings. The Morgan fingerprint density at radius 2 is 2.19 bits per heavy atom. The Kier molecular flexibility index (Phi) is 5.26. The number of methoxy groups -OCH3 is 1. The van der Waals surface area contributed by atoms with Gasteiger partial charge in [-0.3, -0.25) is 0 Å². The van der Waals surface area contributed by atoms with Gasteiger partial charge in [0.25, 0.3) is 0 Å². The highest BCUT2D eigenvalue weighted by molar-refractivity contribution is 7.91. The molecule has 1 saturated heterocycles. The summed E-state index contributed by atoms with van der Waals surface area (Å²) in [7, 11) is -1.37. The minimum atomic E-state index is -2.97. The average Bonchev–Trinajstić information content (AvgIpc) is 2.96. The van der Waals surface area contributed by atoms with E-state index in [1.807, 2.05) is 36.9 Å². The third-order valence-corrected chi connectivity index (χ3v) is 6.18. The van der Waals surface area contributed by atoms with Gasteiger partial charge >= 0.3 is 0 Å². The molecule has 1 fully saturated rings. The topological polar surface area (TPSA) is 97.3 Å². The number of nitrogens with zero attached hydrogens (tertiary/aromatic N) is 4. The van der Waals surface area contributed by atoms with Crippen LogP contribution in [-0.4, -0.2) is 54.8 Å². The molecule has 2 aromatic rings. The molecule has 1 aromatic carbocycles. The van der Waals surface area contributed by atoms with E-state index in [2.05, 4.69) is 20.5 Å². The first-order valence-electron chi connectivity index (χ1n) is 8.50. The highest BCUT2D eigenvalue weighted by Gasteiger charge is 2.32. The van der Waals surface area contributed by atoms with Crippen molar-refractivity contribution in [2.75, 3.05) is 35.4 Å². The first-order valence-corrected chi connectivity index (χ1v) is 10.3. The van der Waals surface area contributed by atoms with E-state index in [1.54, 1.807) is 13.3 Å². The quantitative estimate of drug-likeness (QED) is 0.816. The number of hydrogen-bond donors (Lipinski definition) is 1. The van der Waals surface area contributed by atoms with E-state index in [0.717, 1.165) is 11.3 Å². The van der Waals surface area contributed by atoms with Crippen molar-refractivity contribution >= 4 is 27.3 Å². The Balaban J connectivity index is 1.85. The van der Waals surface area contributed by atoms with Gasteiger partial charge in [-0.15, -0.1) is 5.10 Å². The minimum Gasteiger partial charge on any atom is -0.495 e. The van der Waals surface area contributed by atoms with Crippen LogP contribution < -0.4 is 15.0 Å². The lowest BCUT2D eigenvalue weighted by molar-refractivity contribution is 0.416. The maximum atomic E-state index is 11.8. The molecule has 0 spiro atoms. The van der Waals surface area contributed by atoms with E-state index in [1.165, 1.54) is 0 Å². The largest absolute Gasteiger partial charge is 0.495 e. The number of ether oxygens (including phenoxy) is 1. The number of aromatic nitrogens is 3. The Bertz CT molecular complexity index is 888. The number of anilines is 3. The van der Waals surface area contributed by atoms with Gasteiger partial charge in [0.05, 0.1) is 30.5 Å².